The zero-order valence-corrected chi connectivity index (χ0v) is 15.0. The second-order valence-corrected chi connectivity index (χ2v) is 6.02. The van der Waals surface area contributed by atoms with Gasteiger partial charge in [0.15, 0.2) is 6.10 Å². The standard InChI is InChI=1S/C20H19NO6/c1-13-20(24)21(16-5-3-4-6-17(16)26-13)12-19(23)27-15-9-7-14(8-10-15)11-18(22)25-2/h3-10,13H,11-12H2,1-2H3. The Balaban J connectivity index is 1.67. The molecule has 1 aliphatic heterocycles. The van der Waals surface area contributed by atoms with Crippen molar-refractivity contribution in [3.05, 3.63) is 54.1 Å². The quantitative estimate of drug-likeness (QED) is 0.593. The summed E-state index contributed by atoms with van der Waals surface area (Å²) in [5.74, 6) is -0.356. The van der Waals surface area contributed by atoms with Crippen molar-refractivity contribution in [3.8, 4) is 11.5 Å². The first-order chi connectivity index (χ1) is 13.0. The Hall–Kier alpha value is -3.35. The normalized spacial score (nSPS) is 15.6. The molecule has 1 atom stereocenters. The third kappa shape index (κ3) is 4.25. The molecule has 0 fully saturated rings. The summed E-state index contributed by atoms with van der Waals surface area (Å²) in [6.07, 6.45) is -0.535. The van der Waals surface area contributed by atoms with Crippen molar-refractivity contribution < 1.29 is 28.6 Å². The summed E-state index contributed by atoms with van der Waals surface area (Å²) in [5.41, 5.74) is 1.28. The predicted octanol–water partition coefficient (Wildman–Crippen LogP) is 2.12. The molecule has 0 radical (unpaired) electrons. The maximum Gasteiger partial charge on any atom is 0.331 e. The van der Waals surface area contributed by atoms with Crippen molar-refractivity contribution >= 4 is 23.5 Å². The SMILES string of the molecule is COC(=O)Cc1ccc(OC(=O)CN2C(=O)C(C)Oc3ccccc32)cc1. The van der Waals surface area contributed by atoms with E-state index < -0.39 is 12.1 Å². The second kappa shape index (κ2) is 7.90. The summed E-state index contributed by atoms with van der Waals surface area (Å²) in [7, 11) is 1.32. The number of carbonyl (C=O) groups excluding carboxylic acids is 3. The molecule has 1 amide bonds. The van der Waals surface area contributed by atoms with E-state index in [4.69, 9.17) is 9.47 Å². The Morgan fingerprint density at radius 3 is 2.48 bits per heavy atom. The fraction of sp³-hybridized carbons (Fsp3) is 0.250. The van der Waals surface area contributed by atoms with Gasteiger partial charge >= 0.3 is 11.9 Å². The molecule has 2 aromatic carbocycles. The van der Waals surface area contributed by atoms with Crippen LogP contribution in [0.5, 0.6) is 11.5 Å². The van der Waals surface area contributed by atoms with Gasteiger partial charge < -0.3 is 14.2 Å². The fourth-order valence-corrected chi connectivity index (χ4v) is 2.73. The van der Waals surface area contributed by atoms with Gasteiger partial charge in [0.05, 0.1) is 19.2 Å². The number of amides is 1. The summed E-state index contributed by atoms with van der Waals surface area (Å²) < 4.78 is 15.5. The Kier molecular flexibility index (Phi) is 5.40. The minimum absolute atomic E-state index is 0.141. The number of anilines is 1. The Bertz CT molecular complexity index is 861. The predicted molar refractivity (Wildman–Crippen MR) is 96.7 cm³/mol. The van der Waals surface area contributed by atoms with Crippen LogP contribution < -0.4 is 14.4 Å². The van der Waals surface area contributed by atoms with E-state index in [9.17, 15) is 14.4 Å². The summed E-state index contributed by atoms with van der Waals surface area (Å²) in [4.78, 5) is 37.3. The molecular formula is C20H19NO6. The molecule has 27 heavy (non-hydrogen) atoms. The van der Waals surface area contributed by atoms with Crippen LogP contribution in [0.25, 0.3) is 0 Å². The Labute approximate surface area is 156 Å². The molecule has 140 valence electrons. The maximum atomic E-state index is 12.4. The molecule has 0 spiro atoms. The highest BCUT2D eigenvalue weighted by Gasteiger charge is 2.32. The molecule has 2 aromatic rings. The minimum Gasteiger partial charge on any atom is -0.479 e. The lowest BCUT2D eigenvalue weighted by Crippen LogP contribution is -2.47. The van der Waals surface area contributed by atoms with Crippen LogP contribution in [0.3, 0.4) is 0 Å². The van der Waals surface area contributed by atoms with E-state index in [0.29, 0.717) is 17.2 Å². The molecule has 1 aliphatic rings. The summed E-state index contributed by atoms with van der Waals surface area (Å²) in [6, 6.07) is 13.6. The van der Waals surface area contributed by atoms with Gasteiger partial charge in [-0.25, -0.2) is 4.79 Å². The van der Waals surface area contributed by atoms with Crippen molar-refractivity contribution in [2.45, 2.75) is 19.4 Å². The highest BCUT2D eigenvalue weighted by molar-refractivity contribution is 6.03. The topological polar surface area (TPSA) is 82.1 Å². The first-order valence-electron chi connectivity index (χ1n) is 8.41. The van der Waals surface area contributed by atoms with Gasteiger partial charge in [-0.05, 0) is 36.8 Å². The van der Waals surface area contributed by atoms with E-state index in [1.165, 1.54) is 12.0 Å². The largest absolute Gasteiger partial charge is 0.479 e. The number of hydrogen-bond donors (Lipinski definition) is 0. The van der Waals surface area contributed by atoms with Crippen molar-refractivity contribution in [2.75, 3.05) is 18.6 Å². The molecular weight excluding hydrogens is 350 g/mol. The van der Waals surface area contributed by atoms with Crippen LogP contribution in [0.1, 0.15) is 12.5 Å². The van der Waals surface area contributed by atoms with Crippen LogP contribution in [0.15, 0.2) is 48.5 Å². The molecule has 0 saturated carbocycles. The molecule has 1 unspecified atom stereocenters. The Morgan fingerprint density at radius 2 is 1.78 bits per heavy atom. The van der Waals surface area contributed by atoms with Crippen LogP contribution in [0.2, 0.25) is 0 Å². The van der Waals surface area contributed by atoms with E-state index in [1.54, 1.807) is 55.5 Å². The van der Waals surface area contributed by atoms with Crippen molar-refractivity contribution in [1.82, 2.24) is 0 Å². The van der Waals surface area contributed by atoms with Gasteiger partial charge in [0.1, 0.15) is 18.0 Å². The van der Waals surface area contributed by atoms with E-state index >= 15 is 0 Å². The lowest BCUT2D eigenvalue weighted by molar-refractivity contribution is -0.139. The smallest absolute Gasteiger partial charge is 0.331 e. The van der Waals surface area contributed by atoms with Gasteiger partial charge in [-0.1, -0.05) is 24.3 Å². The lowest BCUT2D eigenvalue weighted by Gasteiger charge is -2.32. The average Bonchev–Trinajstić information content (AvgIpc) is 2.67. The number of ether oxygens (including phenoxy) is 3. The van der Waals surface area contributed by atoms with Crippen LogP contribution in [0.4, 0.5) is 5.69 Å². The highest BCUT2D eigenvalue weighted by atomic mass is 16.5. The Morgan fingerprint density at radius 1 is 1.07 bits per heavy atom. The number of hydrogen-bond acceptors (Lipinski definition) is 6. The van der Waals surface area contributed by atoms with Crippen molar-refractivity contribution in [1.29, 1.82) is 0 Å². The van der Waals surface area contributed by atoms with Gasteiger partial charge in [-0.2, -0.15) is 0 Å². The average molecular weight is 369 g/mol. The molecule has 7 heteroatoms. The minimum atomic E-state index is -0.676. The molecule has 0 bridgehead atoms. The number of nitrogens with zero attached hydrogens (tertiary/aromatic N) is 1. The molecule has 3 rings (SSSR count). The summed E-state index contributed by atoms with van der Waals surface area (Å²) >= 11 is 0. The first kappa shape index (κ1) is 18.4. The molecule has 1 heterocycles. The van der Waals surface area contributed by atoms with Crippen LogP contribution in [-0.2, 0) is 25.5 Å². The zero-order chi connectivity index (χ0) is 19.4. The van der Waals surface area contributed by atoms with Crippen molar-refractivity contribution in [2.24, 2.45) is 0 Å². The number of methoxy groups -OCH3 is 1. The number of rotatable bonds is 5. The van der Waals surface area contributed by atoms with Gasteiger partial charge in [0.25, 0.3) is 5.91 Å². The third-order valence-corrected chi connectivity index (χ3v) is 4.09. The van der Waals surface area contributed by atoms with Crippen LogP contribution >= 0.6 is 0 Å². The monoisotopic (exact) mass is 369 g/mol. The van der Waals surface area contributed by atoms with E-state index in [1.807, 2.05) is 0 Å². The second-order valence-electron chi connectivity index (χ2n) is 6.02. The van der Waals surface area contributed by atoms with Gasteiger partial charge in [0.2, 0.25) is 0 Å². The molecule has 0 saturated heterocycles. The lowest BCUT2D eigenvalue weighted by atomic mass is 10.1. The number of carbonyl (C=O) groups is 3. The van der Waals surface area contributed by atoms with Crippen LogP contribution in [0, 0.1) is 0 Å². The number of para-hydroxylation sites is 2. The van der Waals surface area contributed by atoms with Crippen molar-refractivity contribution in [3.63, 3.8) is 0 Å². The molecule has 0 N–H and O–H groups in total. The highest BCUT2D eigenvalue weighted by Crippen LogP contribution is 2.33. The summed E-state index contributed by atoms with van der Waals surface area (Å²) in [5, 5.41) is 0. The van der Waals surface area contributed by atoms with E-state index in [0.717, 1.165) is 5.56 Å². The van der Waals surface area contributed by atoms with Gasteiger partial charge in [0, 0.05) is 0 Å². The van der Waals surface area contributed by atoms with Gasteiger partial charge in [-0.3, -0.25) is 14.5 Å². The summed E-state index contributed by atoms with van der Waals surface area (Å²) in [6.45, 7) is 1.41. The maximum absolute atomic E-state index is 12.4. The molecule has 7 nitrogen and oxygen atoms in total. The number of esters is 2. The fourth-order valence-electron chi connectivity index (χ4n) is 2.73. The third-order valence-electron chi connectivity index (χ3n) is 4.09. The zero-order valence-electron chi connectivity index (χ0n) is 15.0. The van der Waals surface area contributed by atoms with Crippen LogP contribution in [-0.4, -0.2) is 37.6 Å². The van der Waals surface area contributed by atoms with E-state index in [-0.39, 0.29) is 24.8 Å². The number of fused-ring (bicyclic) bond motifs is 1. The first-order valence-corrected chi connectivity index (χ1v) is 8.41. The molecule has 0 aliphatic carbocycles. The van der Waals surface area contributed by atoms with Gasteiger partial charge in [-0.15, -0.1) is 0 Å². The number of benzene rings is 2. The van der Waals surface area contributed by atoms with E-state index in [2.05, 4.69) is 4.74 Å². The molecule has 0 aromatic heterocycles.